The number of nitrogens with zero attached hydrogens (tertiary/aromatic N) is 1. The number of aromatic nitrogens is 1. The molecule has 0 aliphatic heterocycles. The zero-order valence-corrected chi connectivity index (χ0v) is 15.2. The van der Waals surface area contributed by atoms with E-state index in [1.54, 1.807) is 6.92 Å². The van der Waals surface area contributed by atoms with Crippen molar-refractivity contribution in [3.05, 3.63) is 15.0 Å². The molecule has 0 saturated carbocycles. The van der Waals surface area contributed by atoms with Crippen LogP contribution in [-0.2, 0) is 20.5 Å². The molecule has 0 aliphatic carbocycles. The lowest BCUT2D eigenvalue weighted by molar-refractivity contribution is -0.143. The van der Waals surface area contributed by atoms with Crippen LogP contribution >= 0.6 is 27.3 Å². The van der Waals surface area contributed by atoms with Crippen LogP contribution < -0.4 is 4.72 Å². The van der Waals surface area contributed by atoms with E-state index in [0.29, 0.717) is 12.3 Å². The molecule has 0 saturated heterocycles. The van der Waals surface area contributed by atoms with Gasteiger partial charge in [0.1, 0.15) is 0 Å². The van der Waals surface area contributed by atoms with Crippen molar-refractivity contribution in [1.29, 1.82) is 0 Å². The minimum atomic E-state index is -1.29. The summed E-state index contributed by atoms with van der Waals surface area (Å²) >= 11 is 4.71. The quantitative estimate of drug-likeness (QED) is 0.767. The first kappa shape index (κ1) is 17.7. The molecule has 0 radical (unpaired) electrons. The number of ether oxygens (including phenoxy) is 1. The van der Waals surface area contributed by atoms with Crippen molar-refractivity contribution in [3.63, 3.8) is 0 Å². The van der Waals surface area contributed by atoms with Crippen molar-refractivity contribution in [2.75, 3.05) is 6.61 Å². The van der Waals surface area contributed by atoms with Gasteiger partial charge >= 0.3 is 5.97 Å². The van der Waals surface area contributed by atoms with Crippen LogP contribution in [0.2, 0.25) is 0 Å². The van der Waals surface area contributed by atoms with Crippen molar-refractivity contribution in [2.24, 2.45) is 0 Å². The summed E-state index contributed by atoms with van der Waals surface area (Å²) in [5.74, 6) is -0.333. The Morgan fingerprint density at radius 3 is 2.70 bits per heavy atom. The van der Waals surface area contributed by atoms with E-state index in [9.17, 15) is 9.00 Å². The van der Waals surface area contributed by atoms with E-state index in [2.05, 4.69) is 25.6 Å². The van der Waals surface area contributed by atoms with Gasteiger partial charge in [-0.3, -0.25) is 4.79 Å². The Kier molecular flexibility index (Phi) is 6.77. The number of rotatable bonds is 6. The predicted molar refractivity (Wildman–Crippen MR) is 84.8 cm³/mol. The van der Waals surface area contributed by atoms with Gasteiger partial charge < -0.3 is 4.74 Å². The molecule has 0 fully saturated rings. The molecule has 0 aromatic carbocycles. The van der Waals surface area contributed by atoms with E-state index in [1.165, 1.54) is 11.3 Å². The number of esters is 1. The average Bonchev–Trinajstić information content (AvgIpc) is 2.74. The van der Waals surface area contributed by atoms with Gasteiger partial charge in [-0.1, -0.05) is 0 Å². The van der Waals surface area contributed by atoms with Crippen molar-refractivity contribution in [3.8, 4) is 0 Å². The maximum atomic E-state index is 12.2. The third-order valence-electron chi connectivity index (χ3n) is 2.33. The first-order chi connectivity index (χ1) is 9.24. The van der Waals surface area contributed by atoms with E-state index in [0.717, 1.165) is 3.92 Å². The van der Waals surface area contributed by atoms with E-state index in [4.69, 9.17) is 4.74 Å². The summed E-state index contributed by atoms with van der Waals surface area (Å²) in [6.45, 7) is 7.69. The van der Waals surface area contributed by atoms with Crippen LogP contribution in [0.5, 0.6) is 0 Å². The molecule has 5 nitrogen and oxygen atoms in total. The van der Waals surface area contributed by atoms with Crippen molar-refractivity contribution in [2.45, 2.75) is 44.9 Å². The number of halogens is 1. The zero-order chi connectivity index (χ0) is 15.3. The second kappa shape index (κ2) is 7.63. The van der Waals surface area contributed by atoms with Crippen LogP contribution in [0.4, 0.5) is 0 Å². The van der Waals surface area contributed by atoms with Gasteiger partial charge in [0.05, 0.1) is 40.5 Å². The van der Waals surface area contributed by atoms with Gasteiger partial charge in [0.2, 0.25) is 0 Å². The molecule has 1 rings (SSSR count). The van der Waals surface area contributed by atoms with Crippen LogP contribution in [0.3, 0.4) is 0 Å². The highest BCUT2D eigenvalue weighted by Gasteiger charge is 2.26. The molecule has 1 N–H and O–H groups in total. The lowest BCUT2D eigenvalue weighted by Gasteiger charge is -2.22. The number of nitrogens with one attached hydrogen (secondary N) is 1. The molecule has 2 unspecified atom stereocenters. The topological polar surface area (TPSA) is 68.3 Å². The zero-order valence-electron chi connectivity index (χ0n) is 11.9. The van der Waals surface area contributed by atoms with Gasteiger partial charge in [-0.15, -0.1) is 11.3 Å². The second-order valence-corrected chi connectivity index (χ2v) is 9.22. The fourth-order valence-electron chi connectivity index (χ4n) is 1.32. The number of carbonyl (C=O) groups is 1. The number of hydrogen-bond acceptors (Lipinski definition) is 5. The van der Waals surface area contributed by atoms with Gasteiger partial charge in [0, 0.05) is 5.38 Å². The summed E-state index contributed by atoms with van der Waals surface area (Å²) in [4.78, 5) is 16.0. The standard InChI is InChI=1S/C12H19BrN2O3S2/c1-5-18-10(16)6-8(9-7-19-11(13)14-9)15-20(17)12(2,3)4/h7-8,15H,5-6H2,1-4H3. The second-order valence-electron chi connectivity index (χ2n) is 5.09. The van der Waals surface area contributed by atoms with Crippen molar-refractivity contribution >= 4 is 44.2 Å². The largest absolute Gasteiger partial charge is 0.466 e. The van der Waals surface area contributed by atoms with E-state index in [-0.39, 0.29) is 12.4 Å². The molecule has 0 aliphatic rings. The predicted octanol–water partition coefficient (Wildman–Crippen LogP) is 2.95. The molecule has 114 valence electrons. The Morgan fingerprint density at radius 1 is 1.60 bits per heavy atom. The molecular weight excluding hydrogens is 364 g/mol. The Morgan fingerprint density at radius 2 is 2.25 bits per heavy atom. The van der Waals surface area contributed by atoms with Crippen molar-refractivity contribution < 1.29 is 13.7 Å². The highest BCUT2D eigenvalue weighted by Crippen LogP contribution is 2.25. The van der Waals surface area contributed by atoms with Gasteiger partial charge in [0.25, 0.3) is 0 Å². The minimum absolute atomic E-state index is 0.103. The Balaban J connectivity index is 2.85. The summed E-state index contributed by atoms with van der Waals surface area (Å²) < 4.78 is 20.4. The Bertz CT molecular complexity index is 485. The lowest BCUT2D eigenvalue weighted by atomic mass is 10.2. The van der Waals surface area contributed by atoms with Crippen molar-refractivity contribution in [1.82, 2.24) is 9.71 Å². The van der Waals surface area contributed by atoms with Gasteiger partial charge in [-0.25, -0.2) is 13.9 Å². The fraction of sp³-hybridized carbons (Fsp3) is 0.667. The summed E-state index contributed by atoms with van der Waals surface area (Å²) in [5.41, 5.74) is 0.688. The average molecular weight is 383 g/mol. The third kappa shape index (κ3) is 5.59. The summed E-state index contributed by atoms with van der Waals surface area (Å²) in [7, 11) is -1.29. The molecule has 2 atom stereocenters. The van der Waals surface area contributed by atoms with Crippen LogP contribution in [0.15, 0.2) is 9.30 Å². The highest BCUT2D eigenvalue weighted by atomic mass is 79.9. The molecule has 0 amide bonds. The van der Waals surface area contributed by atoms with Gasteiger partial charge in [-0.05, 0) is 43.6 Å². The fourth-order valence-corrected chi connectivity index (χ4v) is 3.22. The summed E-state index contributed by atoms with van der Waals surface area (Å²) in [6, 6.07) is -0.420. The number of hydrogen-bond donors (Lipinski definition) is 1. The van der Waals surface area contributed by atoms with Gasteiger partial charge in [0.15, 0.2) is 3.92 Å². The molecule has 1 aromatic rings. The smallest absolute Gasteiger partial charge is 0.307 e. The summed E-state index contributed by atoms with van der Waals surface area (Å²) in [5, 5.41) is 1.83. The van der Waals surface area contributed by atoms with Crippen LogP contribution in [0.25, 0.3) is 0 Å². The maximum absolute atomic E-state index is 12.2. The molecular formula is C12H19BrN2O3S2. The normalized spacial score (nSPS) is 14.8. The molecule has 20 heavy (non-hydrogen) atoms. The lowest BCUT2D eigenvalue weighted by Crippen LogP contribution is -2.36. The van der Waals surface area contributed by atoms with Crippen LogP contribution in [0, 0.1) is 0 Å². The molecule has 8 heteroatoms. The molecule has 1 heterocycles. The first-order valence-electron chi connectivity index (χ1n) is 6.18. The molecule has 1 aromatic heterocycles. The van der Waals surface area contributed by atoms with Crippen LogP contribution in [-0.4, -0.2) is 26.5 Å². The van der Waals surface area contributed by atoms with E-state index >= 15 is 0 Å². The monoisotopic (exact) mass is 382 g/mol. The Labute approximate surface area is 134 Å². The first-order valence-corrected chi connectivity index (χ1v) is 9.01. The third-order valence-corrected chi connectivity index (χ3v) is 5.33. The number of carbonyl (C=O) groups excluding carboxylic acids is 1. The minimum Gasteiger partial charge on any atom is -0.466 e. The van der Waals surface area contributed by atoms with E-state index in [1.807, 2.05) is 26.2 Å². The maximum Gasteiger partial charge on any atom is 0.307 e. The highest BCUT2D eigenvalue weighted by molar-refractivity contribution is 9.11. The Hall–Kier alpha value is -0.310. The van der Waals surface area contributed by atoms with E-state index < -0.39 is 21.8 Å². The SMILES string of the molecule is CCOC(=O)CC(NS(=O)C(C)(C)C)c1csc(Br)n1. The molecule has 0 spiro atoms. The van der Waals surface area contributed by atoms with Gasteiger partial charge in [-0.2, -0.15) is 0 Å². The summed E-state index contributed by atoms with van der Waals surface area (Å²) in [6.07, 6.45) is 0.103. The van der Waals surface area contributed by atoms with Crippen LogP contribution in [0.1, 0.15) is 45.9 Å². The molecule has 0 bridgehead atoms. The number of thiazole rings is 1.